The van der Waals surface area contributed by atoms with E-state index < -0.39 is 0 Å². The lowest BCUT2D eigenvalue weighted by Crippen LogP contribution is -2.46. The van der Waals surface area contributed by atoms with Gasteiger partial charge in [0.25, 0.3) is 0 Å². The molecule has 2 saturated heterocycles. The zero-order valence-electron chi connectivity index (χ0n) is 22.4. The molecule has 3 heterocycles. The SMILES string of the molecule is CC1CCN(c2ccc(Nc3nc(N)c(O)cc3Nc3ccc(N4CCC([N+](C)(C)C)C4)cc3)cc2)C1. The molecule has 0 aliphatic carbocycles. The first kappa shape index (κ1) is 25.0. The number of aromatic nitrogens is 1. The number of nitrogens with two attached hydrogens (primary N) is 1. The molecule has 5 N–H and O–H groups in total. The number of rotatable bonds is 7. The highest BCUT2D eigenvalue weighted by Gasteiger charge is 2.32. The van der Waals surface area contributed by atoms with Gasteiger partial charge in [0.05, 0.1) is 33.4 Å². The Morgan fingerprint density at radius 1 is 0.865 bits per heavy atom. The van der Waals surface area contributed by atoms with Crippen molar-refractivity contribution in [1.82, 2.24) is 4.98 Å². The van der Waals surface area contributed by atoms with Crippen molar-refractivity contribution < 1.29 is 9.59 Å². The lowest BCUT2D eigenvalue weighted by atomic mass is 10.2. The van der Waals surface area contributed by atoms with Crippen LogP contribution in [0.2, 0.25) is 0 Å². The molecule has 196 valence electrons. The summed E-state index contributed by atoms with van der Waals surface area (Å²) in [6.07, 6.45) is 2.44. The predicted octanol–water partition coefficient (Wildman–Crippen LogP) is 4.99. The van der Waals surface area contributed by atoms with E-state index in [2.05, 4.69) is 102 Å². The van der Waals surface area contributed by atoms with E-state index in [1.807, 2.05) is 0 Å². The zero-order chi connectivity index (χ0) is 26.2. The molecule has 8 heteroatoms. The molecule has 2 fully saturated rings. The molecule has 0 amide bonds. The molecule has 2 unspecified atom stereocenters. The van der Waals surface area contributed by atoms with Crippen LogP contribution in [0.5, 0.6) is 5.75 Å². The number of anilines is 7. The monoisotopic (exact) mass is 502 g/mol. The molecule has 2 aliphatic rings. The van der Waals surface area contributed by atoms with E-state index in [1.54, 1.807) is 6.07 Å². The standard InChI is InChI=1S/C29H39N7O/c1-20-13-15-34(18-20)23-11-7-22(8-12-23)32-29-26(17-27(37)28(30)33-29)31-21-5-9-24(10-6-21)35-16-14-25(19-35)36(2,3)4/h5-12,17,20,25,31H,13-16,18-19H2,1-4H3,(H3-,30,32,33,37)/p+1. The summed E-state index contributed by atoms with van der Waals surface area (Å²) in [6.45, 7) is 6.64. The summed E-state index contributed by atoms with van der Waals surface area (Å²) in [7, 11) is 6.81. The number of aromatic hydroxyl groups is 1. The third-order valence-corrected chi connectivity index (χ3v) is 7.72. The minimum absolute atomic E-state index is 0.0495. The largest absolute Gasteiger partial charge is 0.504 e. The fourth-order valence-electron chi connectivity index (χ4n) is 5.29. The van der Waals surface area contributed by atoms with Crippen molar-refractivity contribution in [3.63, 3.8) is 0 Å². The summed E-state index contributed by atoms with van der Waals surface area (Å²) in [4.78, 5) is 9.29. The summed E-state index contributed by atoms with van der Waals surface area (Å²) >= 11 is 0. The van der Waals surface area contributed by atoms with Crippen LogP contribution in [0, 0.1) is 5.92 Å². The van der Waals surface area contributed by atoms with Gasteiger partial charge in [-0.05, 0) is 60.9 Å². The zero-order valence-corrected chi connectivity index (χ0v) is 22.4. The Labute approximate surface area is 220 Å². The van der Waals surface area contributed by atoms with Crippen LogP contribution in [0.3, 0.4) is 0 Å². The van der Waals surface area contributed by atoms with Crippen LogP contribution in [-0.2, 0) is 0 Å². The van der Waals surface area contributed by atoms with Crippen LogP contribution in [0.15, 0.2) is 54.6 Å². The first-order valence-corrected chi connectivity index (χ1v) is 13.2. The summed E-state index contributed by atoms with van der Waals surface area (Å²) < 4.78 is 0.986. The molecule has 3 aromatic rings. The number of pyridine rings is 1. The number of quaternary nitrogens is 1. The second-order valence-corrected chi connectivity index (χ2v) is 11.5. The van der Waals surface area contributed by atoms with Crippen molar-refractivity contribution in [3.8, 4) is 5.75 Å². The van der Waals surface area contributed by atoms with Gasteiger partial charge in [0.15, 0.2) is 17.4 Å². The van der Waals surface area contributed by atoms with Gasteiger partial charge in [0, 0.05) is 54.9 Å². The Kier molecular flexibility index (Phi) is 6.77. The second kappa shape index (κ2) is 10.0. The maximum atomic E-state index is 10.3. The van der Waals surface area contributed by atoms with Crippen LogP contribution in [0.25, 0.3) is 0 Å². The first-order chi connectivity index (χ1) is 17.7. The normalized spacial score (nSPS) is 19.9. The molecule has 0 bridgehead atoms. The van der Waals surface area contributed by atoms with Crippen LogP contribution < -0.4 is 26.2 Å². The quantitative estimate of drug-likeness (QED) is 0.339. The van der Waals surface area contributed by atoms with E-state index in [-0.39, 0.29) is 11.6 Å². The maximum absolute atomic E-state index is 10.3. The van der Waals surface area contributed by atoms with Crippen molar-refractivity contribution in [2.24, 2.45) is 5.92 Å². The molecule has 1 aromatic heterocycles. The molecule has 0 radical (unpaired) electrons. The molecule has 2 atom stereocenters. The Morgan fingerprint density at radius 2 is 1.43 bits per heavy atom. The highest BCUT2D eigenvalue weighted by atomic mass is 16.3. The van der Waals surface area contributed by atoms with Gasteiger partial charge in [-0.2, -0.15) is 0 Å². The van der Waals surface area contributed by atoms with E-state index in [1.165, 1.54) is 24.2 Å². The van der Waals surface area contributed by atoms with Crippen molar-refractivity contribution >= 4 is 40.1 Å². The van der Waals surface area contributed by atoms with Crippen LogP contribution in [0.4, 0.5) is 40.1 Å². The van der Waals surface area contributed by atoms with Gasteiger partial charge in [0.1, 0.15) is 6.04 Å². The smallest absolute Gasteiger partial charge is 0.168 e. The Bertz CT molecular complexity index is 1220. The molecule has 0 spiro atoms. The highest BCUT2D eigenvalue weighted by molar-refractivity contribution is 5.79. The predicted molar refractivity (Wildman–Crippen MR) is 154 cm³/mol. The lowest BCUT2D eigenvalue weighted by Gasteiger charge is -2.31. The van der Waals surface area contributed by atoms with Crippen molar-refractivity contribution in [2.45, 2.75) is 25.8 Å². The molecule has 37 heavy (non-hydrogen) atoms. The maximum Gasteiger partial charge on any atom is 0.168 e. The van der Waals surface area contributed by atoms with Gasteiger partial charge in [-0.1, -0.05) is 6.92 Å². The number of hydrogen-bond donors (Lipinski definition) is 4. The second-order valence-electron chi connectivity index (χ2n) is 11.5. The van der Waals surface area contributed by atoms with E-state index in [0.29, 0.717) is 17.5 Å². The van der Waals surface area contributed by atoms with Crippen LogP contribution in [0.1, 0.15) is 19.8 Å². The Hall–Kier alpha value is -3.65. The first-order valence-electron chi connectivity index (χ1n) is 13.2. The minimum Gasteiger partial charge on any atom is -0.504 e. The van der Waals surface area contributed by atoms with Gasteiger partial charge in [-0.25, -0.2) is 4.98 Å². The summed E-state index contributed by atoms with van der Waals surface area (Å²) in [5, 5.41) is 17.0. The number of likely N-dealkylation sites (N-methyl/N-ethyl adjacent to an activating group) is 1. The fraction of sp³-hybridized carbons (Fsp3) is 0.414. The van der Waals surface area contributed by atoms with E-state index in [4.69, 9.17) is 5.73 Å². The van der Waals surface area contributed by atoms with Gasteiger partial charge in [-0.3, -0.25) is 0 Å². The van der Waals surface area contributed by atoms with E-state index >= 15 is 0 Å². The fourth-order valence-corrected chi connectivity index (χ4v) is 5.29. The molecule has 8 nitrogen and oxygen atoms in total. The van der Waals surface area contributed by atoms with Crippen LogP contribution in [-0.4, -0.2) is 67.9 Å². The van der Waals surface area contributed by atoms with Gasteiger partial charge in [0.2, 0.25) is 0 Å². The molecular weight excluding hydrogens is 462 g/mol. The topological polar surface area (TPSA) is 89.7 Å². The van der Waals surface area contributed by atoms with Gasteiger partial charge < -0.3 is 35.8 Å². The highest BCUT2D eigenvalue weighted by Crippen LogP contribution is 2.34. The number of nitrogen functional groups attached to an aromatic ring is 1. The van der Waals surface area contributed by atoms with Crippen molar-refractivity contribution in [3.05, 3.63) is 54.6 Å². The number of benzene rings is 2. The molecular formula is C29H40N7O+. The van der Waals surface area contributed by atoms with Gasteiger partial charge >= 0.3 is 0 Å². The molecule has 0 saturated carbocycles. The third kappa shape index (κ3) is 5.69. The average Bonchev–Trinajstić information content (AvgIpc) is 3.53. The molecule has 2 aromatic carbocycles. The summed E-state index contributed by atoms with van der Waals surface area (Å²) in [5.74, 6) is 1.34. The molecule has 2 aliphatic heterocycles. The number of hydrogen-bond acceptors (Lipinski definition) is 7. The van der Waals surface area contributed by atoms with Gasteiger partial charge in [-0.15, -0.1) is 0 Å². The Balaban J connectivity index is 1.29. The summed E-state index contributed by atoms with van der Waals surface area (Å²) in [6, 6.07) is 19.1. The minimum atomic E-state index is -0.0495. The third-order valence-electron chi connectivity index (χ3n) is 7.72. The molecule has 5 rings (SSSR count). The Morgan fingerprint density at radius 3 is 1.97 bits per heavy atom. The van der Waals surface area contributed by atoms with Crippen molar-refractivity contribution in [2.75, 3.05) is 73.5 Å². The lowest BCUT2D eigenvalue weighted by molar-refractivity contribution is -0.893. The number of nitrogens with zero attached hydrogens (tertiary/aromatic N) is 4. The van der Waals surface area contributed by atoms with Crippen molar-refractivity contribution in [1.29, 1.82) is 0 Å². The van der Waals surface area contributed by atoms with E-state index in [0.717, 1.165) is 48.0 Å². The number of nitrogens with one attached hydrogen (secondary N) is 2. The average molecular weight is 503 g/mol. The van der Waals surface area contributed by atoms with E-state index in [9.17, 15) is 5.11 Å². The summed E-state index contributed by atoms with van der Waals surface area (Å²) in [5.41, 5.74) is 10.9. The van der Waals surface area contributed by atoms with Crippen LogP contribution >= 0.6 is 0 Å².